The molecule has 1 aromatic heterocycles. The fourth-order valence-corrected chi connectivity index (χ4v) is 2.86. The van der Waals surface area contributed by atoms with Gasteiger partial charge in [-0.3, -0.25) is 4.79 Å². The number of carboxylic acid groups (broad SMARTS) is 1. The van der Waals surface area contributed by atoms with Crippen molar-refractivity contribution in [2.75, 3.05) is 11.9 Å². The Hall–Kier alpha value is -2.67. The molecule has 0 saturated carbocycles. The third-order valence-corrected chi connectivity index (χ3v) is 4.51. The molecule has 1 heterocycles. The second-order valence-electron chi connectivity index (χ2n) is 5.36. The van der Waals surface area contributed by atoms with Crippen LogP contribution < -0.4 is 15.8 Å². The van der Waals surface area contributed by atoms with E-state index in [2.05, 4.69) is 15.8 Å². The zero-order valence-electron chi connectivity index (χ0n) is 13.7. The summed E-state index contributed by atoms with van der Waals surface area (Å²) in [6.07, 6.45) is 0. The molecule has 0 atom stereocenters. The normalized spacial score (nSPS) is 11.2. The predicted octanol–water partition coefficient (Wildman–Crippen LogP) is 1.68. The number of anilines is 1. The minimum absolute atomic E-state index is 0.0927. The molecule has 0 aliphatic carbocycles. The van der Waals surface area contributed by atoms with E-state index in [4.69, 9.17) is 0 Å². The van der Waals surface area contributed by atoms with Crippen molar-refractivity contribution >= 4 is 34.6 Å². The maximum absolute atomic E-state index is 11.9. The van der Waals surface area contributed by atoms with Gasteiger partial charge in [-0.2, -0.15) is 5.10 Å². The first-order chi connectivity index (χ1) is 11.4. The molecule has 0 unspecified atom stereocenters. The molecule has 1 amide bonds. The van der Waals surface area contributed by atoms with Crippen molar-refractivity contribution in [2.24, 2.45) is 5.10 Å². The number of aryl methyl sites for hydroxylation is 2. The molecule has 7 heteroatoms. The Kier molecular flexibility index (Phi) is 5.70. The highest BCUT2D eigenvalue weighted by Gasteiger charge is 2.06. The van der Waals surface area contributed by atoms with E-state index in [-0.39, 0.29) is 17.3 Å². The molecule has 126 valence electrons. The lowest BCUT2D eigenvalue weighted by atomic mass is 10.1. The van der Waals surface area contributed by atoms with Gasteiger partial charge in [0.15, 0.2) is 0 Å². The average Bonchev–Trinajstić information content (AvgIpc) is 3.02. The number of aromatic carboxylic acids is 1. The van der Waals surface area contributed by atoms with Crippen molar-refractivity contribution in [2.45, 2.75) is 20.8 Å². The molecule has 1 aromatic carbocycles. The zero-order chi connectivity index (χ0) is 17.7. The number of rotatable bonds is 6. The first-order valence-electron chi connectivity index (χ1n) is 7.32. The van der Waals surface area contributed by atoms with Gasteiger partial charge in [-0.1, -0.05) is 17.7 Å². The van der Waals surface area contributed by atoms with Crippen LogP contribution in [0.15, 0.2) is 35.4 Å². The Balaban J connectivity index is 1.90. The Morgan fingerprint density at radius 3 is 2.50 bits per heavy atom. The fourth-order valence-electron chi connectivity index (χ4n) is 2.07. The highest BCUT2D eigenvalue weighted by atomic mass is 32.1. The van der Waals surface area contributed by atoms with Crippen molar-refractivity contribution in [3.8, 4) is 0 Å². The molecule has 24 heavy (non-hydrogen) atoms. The first kappa shape index (κ1) is 17.7. The number of thiophene rings is 1. The molecule has 6 nitrogen and oxygen atoms in total. The lowest BCUT2D eigenvalue weighted by Crippen LogP contribution is -2.26. The number of hydrogen-bond acceptors (Lipinski definition) is 6. The van der Waals surface area contributed by atoms with E-state index in [1.807, 2.05) is 32.0 Å². The van der Waals surface area contributed by atoms with E-state index in [1.54, 1.807) is 13.0 Å². The van der Waals surface area contributed by atoms with Gasteiger partial charge in [0.2, 0.25) is 0 Å². The summed E-state index contributed by atoms with van der Waals surface area (Å²) in [4.78, 5) is 23.4. The molecule has 2 rings (SSSR count). The second-order valence-corrected chi connectivity index (χ2v) is 6.44. The van der Waals surface area contributed by atoms with Crippen LogP contribution in [0.3, 0.4) is 0 Å². The number of amides is 1. The number of carbonyl (C=O) groups is 2. The fraction of sp³-hybridized carbons (Fsp3) is 0.235. The minimum Gasteiger partial charge on any atom is -0.544 e. The molecular formula is C17H18N3O3S-. The number of hydrogen-bond donors (Lipinski definition) is 2. The summed E-state index contributed by atoms with van der Waals surface area (Å²) in [6, 6.07) is 9.03. The summed E-state index contributed by atoms with van der Waals surface area (Å²) in [5.74, 6) is -1.51. The Morgan fingerprint density at radius 2 is 1.88 bits per heavy atom. The molecule has 0 bridgehead atoms. The van der Waals surface area contributed by atoms with Crippen LogP contribution in [0.2, 0.25) is 0 Å². The molecule has 0 aliphatic rings. The third-order valence-electron chi connectivity index (χ3n) is 3.33. The van der Waals surface area contributed by atoms with Gasteiger partial charge in [0.25, 0.3) is 5.91 Å². The highest BCUT2D eigenvalue weighted by molar-refractivity contribution is 7.15. The largest absolute Gasteiger partial charge is 0.544 e. The molecule has 0 fully saturated rings. The quantitative estimate of drug-likeness (QED) is 0.616. The van der Waals surface area contributed by atoms with Crippen LogP contribution in [-0.4, -0.2) is 24.1 Å². The van der Waals surface area contributed by atoms with Gasteiger partial charge < -0.3 is 15.2 Å². The minimum atomic E-state index is -1.22. The van der Waals surface area contributed by atoms with E-state index in [9.17, 15) is 14.7 Å². The summed E-state index contributed by atoms with van der Waals surface area (Å²) in [5, 5.41) is 17.8. The van der Waals surface area contributed by atoms with E-state index in [0.717, 1.165) is 28.2 Å². The summed E-state index contributed by atoms with van der Waals surface area (Å²) in [6.45, 7) is 5.77. The number of benzene rings is 1. The Morgan fingerprint density at radius 1 is 1.17 bits per heavy atom. The molecule has 0 spiro atoms. The van der Waals surface area contributed by atoms with E-state index in [0.29, 0.717) is 10.6 Å². The van der Waals surface area contributed by atoms with Gasteiger partial charge in [-0.15, -0.1) is 11.3 Å². The van der Waals surface area contributed by atoms with Crippen molar-refractivity contribution in [1.29, 1.82) is 0 Å². The zero-order valence-corrected chi connectivity index (χ0v) is 14.5. The maximum Gasteiger partial charge on any atom is 0.259 e. The van der Waals surface area contributed by atoms with Crippen molar-refractivity contribution in [3.63, 3.8) is 0 Å². The molecular weight excluding hydrogens is 326 g/mol. The predicted molar refractivity (Wildman–Crippen MR) is 93.4 cm³/mol. The number of hydrazone groups is 1. The average molecular weight is 344 g/mol. The maximum atomic E-state index is 11.9. The van der Waals surface area contributed by atoms with Gasteiger partial charge >= 0.3 is 0 Å². The van der Waals surface area contributed by atoms with E-state index in [1.165, 1.54) is 6.07 Å². The van der Waals surface area contributed by atoms with Crippen LogP contribution in [0.25, 0.3) is 0 Å². The SMILES string of the molecule is C/C(=N/NC(=O)CNc1ccc(C)cc1C)c1ccc(C(=O)[O-])s1. The molecule has 2 aromatic rings. The molecule has 0 saturated heterocycles. The summed E-state index contributed by atoms with van der Waals surface area (Å²) >= 11 is 1.05. The van der Waals surface area contributed by atoms with Gasteiger partial charge in [0.05, 0.1) is 28.0 Å². The number of nitrogens with one attached hydrogen (secondary N) is 2. The van der Waals surface area contributed by atoms with Crippen molar-refractivity contribution in [1.82, 2.24) is 5.43 Å². The van der Waals surface area contributed by atoms with Crippen LogP contribution in [0.4, 0.5) is 5.69 Å². The van der Waals surface area contributed by atoms with Crippen LogP contribution >= 0.6 is 11.3 Å². The second kappa shape index (κ2) is 7.74. The lowest BCUT2D eigenvalue weighted by Gasteiger charge is -2.09. The number of nitrogens with zero attached hydrogens (tertiary/aromatic N) is 1. The van der Waals surface area contributed by atoms with Crippen LogP contribution in [0, 0.1) is 13.8 Å². The summed E-state index contributed by atoms with van der Waals surface area (Å²) < 4.78 is 0. The molecule has 2 N–H and O–H groups in total. The standard InChI is InChI=1S/C17H19N3O3S/c1-10-4-5-13(11(2)8-10)18-9-16(21)20-19-12(3)14-6-7-15(24-14)17(22)23/h4-8,18H,9H2,1-3H3,(H,20,21)(H,22,23)/p-1/b19-12-. The first-order valence-corrected chi connectivity index (χ1v) is 8.14. The van der Waals surface area contributed by atoms with Gasteiger partial charge in [0, 0.05) is 5.69 Å². The van der Waals surface area contributed by atoms with E-state index < -0.39 is 5.97 Å². The van der Waals surface area contributed by atoms with Crippen LogP contribution in [-0.2, 0) is 4.79 Å². The van der Waals surface area contributed by atoms with Gasteiger partial charge in [0.1, 0.15) is 0 Å². The monoisotopic (exact) mass is 344 g/mol. The van der Waals surface area contributed by atoms with Crippen LogP contribution in [0.1, 0.15) is 32.6 Å². The summed E-state index contributed by atoms with van der Waals surface area (Å²) in [7, 11) is 0. The number of carbonyl (C=O) groups excluding carboxylic acids is 2. The topological polar surface area (TPSA) is 93.6 Å². The Bertz CT molecular complexity index is 796. The van der Waals surface area contributed by atoms with Crippen LogP contribution in [0.5, 0.6) is 0 Å². The Labute approximate surface area is 144 Å². The smallest absolute Gasteiger partial charge is 0.259 e. The van der Waals surface area contributed by atoms with E-state index >= 15 is 0 Å². The van der Waals surface area contributed by atoms with Gasteiger partial charge in [-0.25, -0.2) is 5.43 Å². The van der Waals surface area contributed by atoms with Crippen molar-refractivity contribution < 1.29 is 14.7 Å². The highest BCUT2D eigenvalue weighted by Crippen LogP contribution is 2.17. The molecule has 0 radical (unpaired) electrons. The molecule has 0 aliphatic heterocycles. The van der Waals surface area contributed by atoms with Gasteiger partial charge in [-0.05, 0) is 44.5 Å². The third kappa shape index (κ3) is 4.66. The van der Waals surface area contributed by atoms with Crippen molar-refractivity contribution in [3.05, 3.63) is 51.2 Å². The number of carboxylic acids is 1. The summed E-state index contributed by atoms with van der Waals surface area (Å²) in [5.41, 5.74) is 6.11. The lowest BCUT2D eigenvalue weighted by molar-refractivity contribution is -0.254.